The molecule has 28 heavy (non-hydrogen) atoms. The molecular formula is C23H26N4O. The van der Waals surface area contributed by atoms with Crippen molar-refractivity contribution < 1.29 is 4.74 Å². The Morgan fingerprint density at radius 2 is 2.00 bits per heavy atom. The summed E-state index contributed by atoms with van der Waals surface area (Å²) in [5, 5.41) is 10.5. The summed E-state index contributed by atoms with van der Waals surface area (Å²) < 4.78 is 6.16. The fourth-order valence-electron chi connectivity index (χ4n) is 4.46. The first kappa shape index (κ1) is 17.3. The van der Waals surface area contributed by atoms with Gasteiger partial charge in [-0.2, -0.15) is 5.10 Å². The lowest BCUT2D eigenvalue weighted by atomic mass is 9.93. The average molecular weight is 374 g/mol. The van der Waals surface area contributed by atoms with Crippen LogP contribution in [0.5, 0.6) is 5.75 Å². The van der Waals surface area contributed by atoms with E-state index in [1.807, 2.05) is 12.4 Å². The number of hydrogen-bond acceptors (Lipinski definition) is 4. The Morgan fingerprint density at radius 3 is 2.82 bits per heavy atom. The van der Waals surface area contributed by atoms with Gasteiger partial charge in [-0.15, -0.1) is 0 Å². The first-order valence-electron chi connectivity index (χ1n) is 10.0. The van der Waals surface area contributed by atoms with E-state index in [9.17, 15) is 0 Å². The third kappa shape index (κ3) is 3.06. The molecule has 2 aromatic carbocycles. The lowest BCUT2D eigenvalue weighted by molar-refractivity contribution is 0.302. The van der Waals surface area contributed by atoms with E-state index in [1.165, 1.54) is 35.2 Å². The van der Waals surface area contributed by atoms with Crippen LogP contribution in [0.3, 0.4) is 0 Å². The highest BCUT2D eigenvalue weighted by molar-refractivity contribution is 5.80. The predicted molar refractivity (Wildman–Crippen MR) is 113 cm³/mol. The number of nitrogens with one attached hydrogen (secondary N) is 2. The van der Waals surface area contributed by atoms with E-state index >= 15 is 0 Å². The monoisotopic (exact) mass is 374 g/mol. The topological polar surface area (TPSA) is 53.2 Å². The minimum absolute atomic E-state index is 0.572. The van der Waals surface area contributed by atoms with Gasteiger partial charge in [0.15, 0.2) is 0 Å². The zero-order valence-corrected chi connectivity index (χ0v) is 16.4. The molecule has 0 bridgehead atoms. The quantitative estimate of drug-likeness (QED) is 0.721. The van der Waals surface area contributed by atoms with E-state index < -0.39 is 0 Å². The van der Waals surface area contributed by atoms with Crippen LogP contribution in [0.1, 0.15) is 25.3 Å². The molecule has 144 valence electrons. The maximum Gasteiger partial charge on any atom is 0.129 e. The van der Waals surface area contributed by atoms with Crippen molar-refractivity contribution in [2.45, 2.75) is 38.5 Å². The van der Waals surface area contributed by atoms with E-state index in [2.05, 4.69) is 70.8 Å². The molecule has 2 aliphatic heterocycles. The van der Waals surface area contributed by atoms with Crippen molar-refractivity contribution in [3.63, 3.8) is 0 Å². The number of benzene rings is 2. The molecule has 0 saturated carbocycles. The first-order valence-corrected chi connectivity index (χ1v) is 10.0. The van der Waals surface area contributed by atoms with Crippen molar-refractivity contribution >= 4 is 5.69 Å². The third-order valence-corrected chi connectivity index (χ3v) is 6.13. The molecule has 0 radical (unpaired) electrons. The second-order valence-corrected chi connectivity index (χ2v) is 7.97. The Balaban J connectivity index is 1.44. The van der Waals surface area contributed by atoms with Crippen molar-refractivity contribution in [2.24, 2.45) is 0 Å². The number of rotatable bonds is 3. The highest BCUT2D eigenvalue weighted by Crippen LogP contribution is 2.41. The lowest BCUT2D eigenvalue weighted by Gasteiger charge is -2.36. The summed E-state index contributed by atoms with van der Waals surface area (Å²) in [6, 6.07) is 14.4. The summed E-state index contributed by atoms with van der Waals surface area (Å²) in [6.45, 7) is 3.96. The summed E-state index contributed by atoms with van der Waals surface area (Å²) in [6.07, 6.45) is 6.12. The summed E-state index contributed by atoms with van der Waals surface area (Å²) in [4.78, 5) is 2.42. The SMILES string of the molecule is CC1CC(N(C)c2ccc3c(c2)OCc2cc(-c4cn[nH]c4)ccc2-3)CCN1. The fourth-order valence-corrected chi connectivity index (χ4v) is 4.46. The van der Waals surface area contributed by atoms with Gasteiger partial charge in [-0.3, -0.25) is 5.10 Å². The molecule has 0 spiro atoms. The number of nitrogens with zero attached hydrogens (tertiary/aromatic N) is 2. The summed E-state index contributed by atoms with van der Waals surface area (Å²) in [7, 11) is 2.21. The first-order chi connectivity index (χ1) is 13.7. The number of ether oxygens (including phenoxy) is 1. The van der Waals surface area contributed by atoms with Gasteiger partial charge in [0.25, 0.3) is 0 Å². The molecule has 2 aliphatic rings. The van der Waals surface area contributed by atoms with Crippen LogP contribution in [-0.4, -0.2) is 35.9 Å². The summed E-state index contributed by atoms with van der Waals surface area (Å²) in [5.74, 6) is 0.981. The largest absolute Gasteiger partial charge is 0.488 e. The Kier molecular flexibility index (Phi) is 4.32. The van der Waals surface area contributed by atoms with Crippen LogP contribution in [0, 0.1) is 0 Å². The Bertz CT molecular complexity index is 982. The van der Waals surface area contributed by atoms with Crippen LogP contribution < -0.4 is 15.0 Å². The summed E-state index contributed by atoms with van der Waals surface area (Å²) in [5.41, 5.74) is 7.16. The second-order valence-electron chi connectivity index (χ2n) is 7.97. The standard InChI is InChI=1S/C23H26N4O/c1-15-9-20(7-8-24-15)27(2)19-4-6-22-21-5-3-16(18-12-25-26-13-18)10-17(21)14-28-23(22)11-19/h3-6,10-13,15,20,24H,7-9,14H2,1-2H3,(H,25,26). The van der Waals surface area contributed by atoms with E-state index in [0.29, 0.717) is 18.7 Å². The normalized spacial score (nSPS) is 20.8. The molecule has 2 atom stereocenters. The fraction of sp³-hybridized carbons (Fsp3) is 0.348. The number of hydrogen-bond donors (Lipinski definition) is 2. The van der Waals surface area contributed by atoms with Crippen LogP contribution in [0.15, 0.2) is 48.8 Å². The maximum atomic E-state index is 6.16. The van der Waals surface area contributed by atoms with E-state index in [4.69, 9.17) is 4.74 Å². The van der Waals surface area contributed by atoms with Gasteiger partial charge in [-0.1, -0.05) is 12.1 Å². The van der Waals surface area contributed by atoms with Crippen LogP contribution in [-0.2, 0) is 6.61 Å². The molecule has 5 heteroatoms. The molecule has 1 fully saturated rings. The second kappa shape index (κ2) is 6.99. The van der Waals surface area contributed by atoms with E-state index in [1.54, 1.807) is 0 Å². The van der Waals surface area contributed by atoms with Gasteiger partial charge in [0.2, 0.25) is 0 Å². The Morgan fingerprint density at radius 1 is 1.11 bits per heavy atom. The zero-order chi connectivity index (χ0) is 19.1. The molecule has 5 rings (SSSR count). The minimum atomic E-state index is 0.572. The van der Waals surface area contributed by atoms with Gasteiger partial charge in [0, 0.05) is 48.2 Å². The number of aromatic nitrogens is 2. The number of fused-ring (bicyclic) bond motifs is 3. The molecule has 0 aliphatic carbocycles. The highest BCUT2D eigenvalue weighted by atomic mass is 16.5. The highest BCUT2D eigenvalue weighted by Gasteiger charge is 2.24. The average Bonchev–Trinajstić information content (AvgIpc) is 3.27. The Hall–Kier alpha value is -2.79. The molecule has 2 unspecified atom stereocenters. The van der Waals surface area contributed by atoms with Gasteiger partial charge in [-0.05, 0) is 61.2 Å². The van der Waals surface area contributed by atoms with Gasteiger partial charge in [0.1, 0.15) is 12.4 Å². The summed E-state index contributed by atoms with van der Waals surface area (Å²) >= 11 is 0. The smallest absolute Gasteiger partial charge is 0.129 e. The molecule has 1 aromatic heterocycles. The van der Waals surface area contributed by atoms with Crippen molar-refractivity contribution in [1.82, 2.24) is 15.5 Å². The van der Waals surface area contributed by atoms with Gasteiger partial charge >= 0.3 is 0 Å². The molecular weight excluding hydrogens is 348 g/mol. The van der Waals surface area contributed by atoms with E-state index in [-0.39, 0.29) is 0 Å². The van der Waals surface area contributed by atoms with Crippen LogP contribution >= 0.6 is 0 Å². The van der Waals surface area contributed by atoms with Crippen molar-refractivity contribution in [3.05, 3.63) is 54.4 Å². The van der Waals surface area contributed by atoms with Crippen molar-refractivity contribution in [2.75, 3.05) is 18.5 Å². The predicted octanol–water partition coefficient (Wildman–Crippen LogP) is 4.21. The molecule has 5 nitrogen and oxygen atoms in total. The van der Waals surface area contributed by atoms with E-state index in [0.717, 1.165) is 23.4 Å². The minimum Gasteiger partial charge on any atom is -0.488 e. The number of H-pyrrole nitrogens is 1. The van der Waals surface area contributed by atoms with Crippen LogP contribution in [0.2, 0.25) is 0 Å². The van der Waals surface area contributed by atoms with Gasteiger partial charge in [0.05, 0.1) is 6.20 Å². The van der Waals surface area contributed by atoms with Crippen LogP contribution in [0.4, 0.5) is 5.69 Å². The number of piperidine rings is 1. The van der Waals surface area contributed by atoms with Crippen LogP contribution in [0.25, 0.3) is 22.3 Å². The molecule has 1 saturated heterocycles. The number of aromatic amines is 1. The maximum absolute atomic E-state index is 6.16. The van der Waals surface area contributed by atoms with Gasteiger partial charge in [-0.25, -0.2) is 0 Å². The van der Waals surface area contributed by atoms with Crippen molar-refractivity contribution in [3.8, 4) is 28.0 Å². The van der Waals surface area contributed by atoms with Gasteiger partial charge < -0.3 is 15.0 Å². The number of anilines is 1. The Labute approximate surface area is 165 Å². The van der Waals surface area contributed by atoms with Crippen molar-refractivity contribution in [1.29, 1.82) is 0 Å². The zero-order valence-electron chi connectivity index (χ0n) is 16.4. The molecule has 3 aromatic rings. The molecule has 3 heterocycles. The molecule has 0 amide bonds. The lowest BCUT2D eigenvalue weighted by Crippen LogP contribution is -2.45. The third-order valence-electron chi connectivity index (χ3n) is 6.13. The molecule has 2 N–H and O–H groups in total.